The molecule has 98 valence electrons. The third-order valence-electron chi connectivity index (χ3n) is 2.63. The van der Waals surface area contributed by atoms with Crippen LogP contribution in [-0.2, 0) is 0 Å². The van der Waals surface area contributed by atoms with Gasteiger partial charge in [-0.05, 0) is 19.3 Å². The molecule has 1 saturated carbocycles. The molecule has 1 aliphatic carbocycles. The Labute approximate surface area is 105 Å². The lowest BCUT2D eigenvalue weighted by molar-refractivity contribution is -0.385. The van der Waals surface area contributed by atoms with Crippen LogP contribution in [0, 0.1) is 10.1 Å². The van der Waals surface area contributed by atoms with Crippen molar-refractivity contribution >= 4 is 11.5 Å². The molecule has 1 heterocycles. The van der Waals surface area contributed by atoms with E-state index in [4.69, 9.17) is 4.74 Å². The molecule has 0 radical (unpaired) electrons. The average molecular weight is 252 g/mol. The molecule has 7 heteroatoms. The maximum atomic E-state index is 11.1. The fourth-order valence-electron chi connectivity index (χ4n) is 1.47. The minimum absolute atomic E-state index is 0.0478. The van der Waals surface area contributed by atoms with Crippen molar-refractivity contribution in [1.82, 2.24) is 9.97 Å². The predicted octanol–water partition coefficient (Wildman–Crippen LogP) is 2.14. The van der Waals surface area contributed by atoms with E-state index < -0.39 is 4.92 Å². The fourth-order valence-corrected chi connectivity index (χ4v) is 1.47. The van der Waals surface area contributed by atoms with Crippen LogP contribution in [0.3, 0.4) is 0 Å². The molecule has 1 N–H and O–H groups in total. The molecule has 0 bridgehead atoms. The van der Waals surface area contributed by atoms with E-state index >= 15 is 0 Å². The highest BCUT2D eigenvalue weighted by atomic mass is 16.6. The Morgan fingerprint density at radius 1 is 1.56 bits per heavy atom. The molecule has 0 aliphatic heterocycles. The number of aromatic nitrogens is 2. The maximum Gasteiger partial charge on any atom is 0.372 e. The van der Waals surface area contributed by atoms with Crippen LogP contribution in [0.25, 0.3) is 0 Å². The van der Waals surface area contributed by atoms with Crippen LogP contribution in [0.5, 0.6) is 5.88 Å². The number of anilines is 1. The number of nitrogens with zero attached hydrogens (tertiary/aromatic N) is 3. The fraction of sp³-hybridized carbons (Fsp3) is 0.636. The third-order valence-corrected chi connectivity index (χ3v) is 2.63. The molecular formula is C11H16N4O3. The van der Waals surface area contributed by atoms with Crippen LogP contribution in [0.15, 0.2) is 6.33 Å². The first kappa shape index (κ1) is 12.5. The zero-order valence-electron chi connectivity index (χ0n) is 10.3. The lowest BCUT2D eigenvalue weighted by Crippen LogP contribution is -2.09. The molecule has 1 fully saturated rings. The minimum Gasteiger partial charge on any atom is -0.473 e. The van der Waals surface area contributed by atoms with Crippen LogP contribution in [0.1, 0.15) is 32.6 Å². The maximum absolute atomic E-state index is 11.1. The van der Waals surface area contributed by atoms with E-state index in [0.717, 1.165) is 25.7 Å². The quantitative estimate of drug-likeness (QED) is 0.454. The van der Waals surface area contributed by atoms with Crippen molar-refractivity contribution < 1.29 is 9.66 Å². The first-order valence-electron chi connectivity index (χ1n) is 6.11. The molecule has 0 saturated heterocycles. The number of nitro groups is 1. The summed E-state index contributed by atoms with van der Waals surface area (Å²) in [6, 6.07) is 0.294. The summed E-state index contributed by atoms with van der Waals surface area (Å²) in [5, 5.41) is 14.1. The van der Waals surface area contributed by atoms with Gasteiger partial charge < -0.3 is 10.1 Å². The largest absolute Gasteiger partial charge is 0.473 e. The van der Waals surface area contributed by atoms with Gasteiger partial charge in [-0.2, -0.15) is 4.98 Å². The zero-order valence-corrected chi connectivity index (χ0v) is 10.3. The number of nitrogens with one attached hydrogen (secondary N) is 1. The lowest BCUT2D eigenvalue weighted by atomic mass is 10.3. The van der Waals surface area contributed by atoms with Crippen molar-refractivity contribution in [1.29, 1.82) is 0 Å². The molecular weight excluding hydrogens is 236 g/mol. The molecule has 18 heavy (non-hydrogen) atoms. The molecule has 2 rings (SSSR count). The van der Waals surface area contributed by atoms with Crippen molar-refractivity contribution in [2.45, 2.75) is 38.6 Å². The van der Waals surface area contributed by atoms with Gasteiger partial charge in [-0.25, -0.2) is 4.98 Å². The zero-order chi connectivity index (χ0) is 13.0. The summed E-state index contributed by atoms with van der Waals surface area (Å²) in [5.41, 5.74) is -0.166. The summed E-state index contributed by atoms with van der Waals surface area (Å²) < 4.78 is 5.35. The highest BCUT2D eigenvalue weighted by Gasteiger charge is 2.29. The van der Waals surface area contributed by atoms with E-state index in [2.05, 4.69) is 15.3 Å². The number of hydrogen-bond acceptors (Lipinski definition) is 6. The van der Waals surface area contributed by atoms with Gasteiger partial charge in [0.05, 0.1) is 11.5 Å². The Morgan fingerprint density at radius 3 is 2.94 bits per heavy atom. The van der Waals surface area contributed by atoms with Gasteiger partial charge in [0.2, 0.25) is 5.82 Å². The van der Waals surface area contributed by atoms with Gasteiger partial charge in [0.15, 0.2) is 0 Å². The molecule has 0 spiro atoms. The van der Waals surface area contributed by atoms with Crippen molar-refractivity contribution in [3.63, 3.8) is 0 Å². The second-order valence-corrected chi connectivity index (χ2v) is 4.25. The van der Waals surface area contributed by atoms with Gasteiger partial charge in [-0.15, -0.1) is 0 Å². The molecule has 1 aromatic heterocycles. The van der Waals surface area contributed by atoms with E-state index in [1.165, 1.54) is 6.33 Å². The summed E-state index contributed by atoms with van der Waals surface area (Å²) >= 11 is 0. The van der Waals surface area contributed by atoms with Gasteiger partial charge in [-0.3, -0.25) is 10.1 Å². The Morgan fingerprint density at radius 2 is 2.33 bits per heavy atom. The van der Waals surface area contributed by atoms with Crippen LogP contribution in [0.4, 0.5) is 11.5 Å². The van der Waals surface area contributed by atoms with Gasteiger partial charge in [-0.1, -0.05) is 13.3 Å². The number of hydrogen-bond donors (Lipinski definition) is 1. The molecule has 0 amide bonds. The molecule has 0 unspecified atom stereocenters. The minimum atomic E-state index is -0.494. The van der Waals surface area contributed by atoms with Crippen molar-refractivity contribution in [2.24, 2.45) is 0 Å². The summed E-state index contributed by atoms with van der Waals surface area (Å²) in [6.07, 6.45) is 5.14. The normalized spacial score (nSPS) is 14.3. The first-order valence-corrected chi connectivity index (χ1v) is 6.11. The average Bonchev–Trinajstić information content (AvgIpc) is 3.13. The smallest absolute Gasteiger partial charge is 0.372 e. The van der Waals surface area contributed by atoms with Crippen LogP contribution >= 0.6 is 0 Å². The Bertz CT molecular complexity index is 434. The van der Waals surface area contributed by atoms with Gasteiger partial charge >= 0.3 is 5.69 Å². The SMILES string of the molecule is CCCCOc1ncnc(NC2CC2)c1[N+](=O)[O-]. The van der Waals surface area contributed by atoms with Crippen LogP contribution in [0.2, 0.25) is 0 Å². The van der Waals surface area contributed by atoms with Crippen LogP contribution in [-0.4, -0.2) is 27.5 Å². The van der Waals surface area contributed by atoms with Gasteiger partial charge in [0.1, 0.15) is 6.33 Å². The van der Waals surface area contributed by atoms with Crippen LogP contribution < -0.4 is 10.1 Å². The van der Waals surface area contributed by atoms with E-state index in [1.54, 1.807) is 0 Å². The number of rotatable bonds is 7. The van der Waals surface area contributed by atoms with Crippen molar-refractivity contribution in [3.05, 3.63) is 16.4 Å². The monoisotopic (exact) mass is 252 g/mol. The van der Waals surface area contributed by atoms with E-state index in [0.29, 0.717) is 12.6 Å². The summed E-state index contributed by atoms with van der Waals surface area (Å²) in [7, 11) is 0. The summed E-state index contributed by atoms with van der Waals surface area (Å²) in [5.74, 6) is 0.301. The Balaban J connectivity index is 2.17. The third kappa shape index (κ3) is 3.06. The van der Waals surface area contributed by atoms with Gasteiger partial charge in [0, 0.05) is 6.04 Å². The number of ether oxygens (including phenoxy) is 1. The Hall–Kier alpha value is -1.92. The second kappa shape index (κ2) is 5.61. The molecule has 1 aromatic rings. The standard InChI is InChI=1S/C11H16N4O3/c1-2-3-6-18-11-9(15(16)17)10(12-7-13-11)14-8-4-5-8/h7-8H,2-6H2,1H3,(H,12,13,14). The molecule has 0 atom stereocenters. The van der Waals surface area contributed by atoms with Gasteiger partial charge in [0.25, 0.3) is 5.88 Å². The summed E-state index contributed by atoms with van der Waals surface area (Å²) in [6.45, 7) is 2.45. The highest BCUT2D eigenvalue weighted by molar-refractivity contribution is 5.61. The number of unbranched alkanes of at least 4 members (excludes halogenated alkanes) is 1. The molecule has 0 aromatic carbocycles. The summed E-state index contributed by atoms with van der Waals surface area (Å²) in [4.78, 5) is 18.4. The Kier molecular flexibility index (Phi) is 3.91. The van der Waals surface area contributed by atoms with E-state index in [9.17, 15) is 10.1 Å². The van der Waals surface area contributed by atoms with Crippen molar-refractivity contribution in [2.75, 3.05) is 11.9 Å². The van der Waals surface area contributed by atoms with E-state index in [1.807, 2.05) is 6.92 Å². The molecule has 7 nitrogen and oxygen atoms in total. The second-order valence-electron chi connectivity index (χ2n) is 4.25. The molecule has 1 aliphatic rings. The van der Waals surface area contributed by atoms with Crippen molar-refractivity contribution in [3.8, 4) is 5.88 Å². The topological polar surface area (TPSA) is 90.2 Å². The first-order chi connectivity index (χ1) is 8.72. The predicted molar refractivity (Wildman–Crippen MR) is 65.7 cm³/mol. The highest BCUT2D eigenvalue weighted by Crippen LogP contribution is 2.34. The van der Waals surface area contributed by atoms with E-state index in [-0.39, 0.29) is 17.4 Å². The lowest BCUT2D eigenvalue weighted by Gasteiger charge is -2.08.